The third kappa shape index (κ3) is 4.44. The summed E-state index contributed by atoms with van der Waals surface area (Å²) in [4.78, 5) is 21.5. The number of carbonyl (C=O) groups excluding carboxylic acids is 1. The molecule has 4 rings (SSSR count). The number of hydrogen-bond donors (Lipinski definition) is 0. The molecule has 0 aliphatic carbocycles. The van der Waals surface area contributed by atoms with Crippen LogP contribution in [0, 0.1) is 11.8 Å². The summed E-state index contributed by atoms with van der Waals surface area (Å²) in [6.45, 7) is 3.01. The van der Waals surface area contributed by atoms with Crippen LogP contribution in [0.25, 0.3) is 0 Å². The Hall–Kier alpha value is -3.78. The Labute approximate surface area is 176 Å². The second-order valence-electron chi connectivity index (χ2n) is 6.99. The Balaban J connectivity index is 1.49. The van der Waals surface area contributed by atoms with Crippen LogP contribution in [0.2, 0.25) is 0 Å². The number of aromatic nitrogens is 1. The maximum Gasteiger partial charge on any atom is 0.254 e. The number of ether oxygens (including phenoxy) is 1. The number of carbonyl (C=O) groups is 1. The Morgan fingerprint density at radius 2 is 1.70 bits per heavy atom. The van der Waals surface area contributed by atoms with Gasteiger partial charge in [-0.3, -0.25) is 4.79 Å². The van der Waals surface area contributed by atoms with Gasteiger partial charge in [-0.1, -0.05) is 30.2 Å². The third-order valence-corrected chi connectivity index (χ3v) is 5.12. The van der Waals surface area contributed by atoms with Crippen LogP contribution in [0.4, 0.5) is 5.69 Å². The molecule has 1 fully saturated rings. The summed E-state index contributed by atoms with van der Waals surface area (Å²) in [5.41, 5.74) is 3.17. The molecule has 0 saturated carbocycles. The molecule has 1 aliphatic rings. The molecule has 2 heterocycles. The molecule has 0 atom stereocenters. The first kappa shape index (κ1) is 19.5. The number of methoxy groups -OCH3 is 1. The zero-order valence-corrected chi connectivity index (χ0v) is 16.9. The zero-order chi connectivity index (χ0) is 20.8. The van der Waals surface area contributed by atoms with Gasteiger partial charge in [-0.2, -0.15) is 0 Å². The molecule has 30 heavy (non-hydrogen) atoms. The van der Waals surface area contributed by atoms with Gasteiger partial charge >= 0.3 is 0 Å². The summed E-state index contributed by atoms with van der Waals surface area (Å²) < 4.78 is 5.42. The Morgan fingerprint density at radius 3 is 2.40 bits per heavy atom. The van der Waals surface area contributed by atoms with Gasteiger partial charge < -0.3 is 14.5 Å². The number of benzene rings is 2. The summed E-state index contributed by atoms with van der Waals surface area (Å²) >= 11 is 0. The topological polar surface area (TPSA) is 45.7 Å². The number of hydrogen-bond acceptors (Lipinski definition) is 4. The van der Waals surface area contributed by atoms with Crippen LogP contribution in [0.1, 0.15) is 21.6 Å². The van der Waals surface area contributed by atoms with E-state index in [1.807, 2.05) is 41.3 Å². The van der Waals surface area contributed by atoms with E-state index in [2.05, 4.69) is 33.9 Å². The highest BCUT2D eigenvalue weighted by Gasteiger charge is 2.22. The van der Waals surface area contributed by atoms with Gasteiger partial charge in [-0.25, -0.2) is 4.98 Å². The minimum Gasteiger partial charge on any atom is -0.495 e. The SMILES string of the molecule is COc1ccc(C(=O)N2CCN(c3ccccc3)CC2)cc1C#Cc1ccccn1. The first-order chi connectivity index (χ1) is 14.7. The molecule has 0 unspecified atom stereocenters. The maximum absolute atomic E-state index is 13.1. The maximum atomic E-state index is 13.1. The summed E-state index contributed by atoms with van der Waals surface area (Å²) in [6, 6.07) is 21.3. The van der Waals surface area contributed by atoms with E-state index < -0.39 is 0 Å². The third-order valence-electron chi connectivity index (χ3n) is 5.12. The molecule has 0 N–H and O–H groups in total. The van der Waals surface area contributed by atoms with E-state index in [1.54, 1.807) is 31.5 Å². The fraction of sp³-hybridized carbons (Fsp3) is 0.200. The number of rotatable bonds is 3. The molecule has 1 saturated heterocycles. The average Bonchev–Trinajstić information content (AvgIpc) is 2.83. The molecule has 0 radical (unpaired) electrons. The molecule has 1 aromatic heterocycles. The van der Waals surface area contributed by atoms with Crippen molar-refractivity contribution in [2.45, 2.75) is 0 Å². The van der Waals surface area contributed by atoms with Gasteiger partial charge in [-0.15, -0.1) is 0 Å². The van der Waals surface area contributed by atoms with Gasteiger partial charge in [-0.05, 0) is 48.4 Å². The lowest BCUT2D eigenvalue weighted by Gasteiger charge is -2.36. The Morgan fingerprint density at radius 1 is 0.933 bits per heavy atom. The molecule has 5 nitrogen and oxygen atoms in total. The lowest BCUT2D eigenvalue weighted by molar-refractivity contribution is 0.0746. The Bertz CT molecular complexity index is 1060. The smallest absolute Gasteiger partial charge is 0.254 e. The monoisotopic (exact) mass is 397 g/mol. The first-order valence-corrected chi connectivity index (χ1v) is 9.95. The number of amides is 1. The van der Waals surface area contributed by atoms with E-state index in [0.29, 0.717) is 35.7 Å². The van der Waals surface area contributed by atoms with Crippen LogP contribution < -0.4 is 9.64 Å². The van der Waals surface area contributed by atoms with Crippen molar-refractivity contribution in [2.24, 2.45) is 0 Å². The first-order valence-electron chi connectivity index (χ1n) is 9.95. The number of nitrogens with zero attached hydrogens (tertiary/aromatic N) is 3. The van der Waals surface area contributed by atoms with Gasteiger partial charge in [0.15, 0.2) is 0 Å². The van der Waals surface area contributed by atoms with E-state index in [0.717, 1.165) is 13.1 Å². The van der Waals surface area contributed by atoms with E-state index in [1.165, 1.54) is 5.69 Å². The second-order valence-corrected chi connectivity index (χ2v) is 6.99. The minimum atomic E-state index is 0.0197. The normalized spacial score (nSPS) is 13.4. The fourth-order valence-corrected chi connectivity index (χ4v) is 3.50. The molecule has 3 aromatic rings. The van der Waals surface area contributed by atoms with Crippen molar-refractivity contribution in [2.75, 3.05) is 38.2 Å². The highest BCUT2D eigenvalue weighted by Crippen LogP contribution is 2.21. The van der Waals surface area contributed by atoms with Gasteiger partial charge in [0.1, 0.15) is 11.4 Å². The second kappa shape index (κ2) is 9.15. The summed E-state index contributed by atoms with van der Waals surface area (Å²) in [5, 5.41) is 0. The zero-order valence-electron chi connectivity index (χ0n) is 16.9. The number of para-hydroxylation sites is 1. The van der Waals surface area contributed by atoms with Crippen molar-refractivity contribution in [3.8, 4) is 17.6 Å². The molecule has 0 bridgehead atoms. The van der Waals surface area contributed by atoms with Crippen LogP contribution >= 0.6 is 0 Å². The lowest BCUT2D eigenvalue weighted by atomic mass is 10.1. The van der Waals surface area contributed by atoms with Gasteiger partial charge in [0.25, 0.3) is 5.91 Å². The van der Waals surface area contributed by atoms with Crippen LogP contribution in [0.5, 0.6) is 5.75 Å². The van der Waals surface area contributed by atoms with E-state index in [4.69, 9.17) is 4.74 Å². The lowest BCUT2D eigenvalue weighted by Crippen LogP contribution is -2.48. The largest absolute Gasteiger partial charge is 0.495 e. The minimum absolute atomic E-state index is 0.0197. The van der Waals surface area contributed by atoms with Crippen molar-refractivity contribution in [3.63, 3.8) is 0 Å². The van der Waals surface area contributed by atoms with Gasteiger partial charge in [0.2, 0.25) is 0 Å². The van der Waals surface area contributed by atoms with Crippen LogP contribution in [0.15, 0.2) is 72.9 Å². The van der Waals surface area contributed by atoms with Gasteiger partial charge in [0.05, 0.1) is 12.7 Å². The summed E-state index contributed by atoms with van der Waals surface area (Å²) in [6.07, 6.45) is 1.70. The molecule has 0 spiro atoms. The number of piperazine rings is 1. The molecule has 5 heteroatoms. The van der Waals surface area contributed by atoms with Crippen molar-refractivity contribution < 1.29 is 9.53 Å². The van der Waals surface area contributed by atoms with Gasteiger partial charge in [0, 0.05) is 43.6 Å². The molecule has 1 amide bonds. The predicted octanol–water partition coefficient (Wildman–Crippen LogP) is 3.45. The highest BCUT2D eigenvalue weighted by molar-refractivity contribution is 5.95. The van der Waals surface area contributed by atoms with Crippen molar-refractivity contribution in [1.29, 1.82) is 0 Å². The van der Waals surface area contributed by atoms with E-state index in [-0.39, 0.29) is 5.91 Å². The van der Waals surface area contributed by atoms with Crippen molar-refractivity contribution >= 4 is 11.6 Å². The number of anilines is 1. The number of pyridine rings is 1. The molecular formula is C25H23N3O2. The summed E-state index contributed by atoms with van der Waals surface area (Å²) in [5.74, 6) is 6.79. The quantitative estimate of drug-likeness (QED) is 0.635. The van der Waals surface area contributed by atoms with Crippen LogP contribution in [-0.4, -0.2) is 49.1 Å². The van der Waals surface area contributed by atoms with E-state index in [9.17, 15) is 4.79 Å². The van der Waals surface area contributed by atoms with Crippen molar-refractivity contribution in [1.82, 2.24) is 9.88 Å². The fourth-order valence-electron chi connectivity index (χ4n) is 3.50. The van der Waals surface area contributed by atoms with Crippen LogP contribution in [-0.2, 0) is 0 Å². The average molecular weight is 397 g/mol. The standard InChI is InChI=1S/C25H23N3O2/c1-30-24-13-11-21(19-20(24)10-12-22-7-5-6-14-26-22)25(29)28-17-15-27(16-18-28)23-8-3-2-4-9-23/h2-9,11,13-14,19H,15-18H2,1H3. The highest BCUT2D eigenvalue weighted by atomic mass is 16.5. The van der Waals surface area contributed by atoms with Crippen LogP contribution in [0.3, 0.4) is 0 Å². The molecular weight excluding hydrogens is 374 g/mol. The summed E-state index contributed by atoms with van der Waals surface area (Å²) in [7, 11) is 1.60. The van der Waals surface area contributed by atoms with Crippen molar-refractivity contribution in [3.05, 3.63) is 89.7 Å². The predicted molar refractivity (Wildman–Crippen MR) is 118 cm³/mol. The molecule has 1 aliphatic heterocycles. The molecule has 150 valence electrons. The van der Waals surface area contributed by atoms with E-state index >= 15 is 0 Å². The Kier molecular flexibility index (Phi) is 5.95. The molecule has 2 aromatic carbocycles.